The molecule has 27 heavy (non-hydrogen) atoms. The van der Waals surface area contributed by atoms with Gasteiger partial charge >= 0.3 is 11.9 Å². The maximum Gasteiger partial charge on any atom is 0.397 e. The molecule has 1 amide bonds. The molecule has 0 bridgehead atoms. The minimum atomic E-state index is -0.955. The summed E-state index contributed by atoms with van der Waals surface area (Å²) in [7, 11) is 0. The van der Waals surface area contributed by atoms with E-state index < -0.39 is 11.9 Å². The van der Waals surface area contributed by atoms with Crippen LogP contribution in [0.3, 0.4) is 0 Å². The van der Waals surface area contributed by atoms with E-state index in [1.807, 2.05) is 26.0 Å². The molecule has 0 aliphatic carbocycles. The van der Waals surface area contributed by atoms with E-state index in [1.165, 1.54) is 0 Å². The van der Waals surface area contributed by atoms with Gasteiger partial charge < -0.3 is 14.5 Å². The molecule has 0 radical (unpaired) electrons. The smallest absolute Gasteiger partial charge is 0.397 e. The maximum absolute atomic E-state index is 12.7. The second-order valence-electron chi connectivity index (χ2n) is 6.14. The van der Waals surface area contributed by atoms with Crippen LogP contribution in [0, 0.1) is 13.8 Å². The van der Waals surface area contributed by atoms with E-state index in [4.69, 9.17) is 4.42 Å². The minimum absolute atomic E-state index is 0.118. The fourth-order valence-electron chi connectivity index (χ4n) is 2.73. The number of nitrogens with one attached hydrogen (secondary N) is 1. The number of furan rings is 1. The van der Waals surface area contributed by atoms with Gasteiger partial charge in [0.25, 0.3) is 0 Å². The number of esters is 1. The summed E-state index contributed by atoms with van der Waals surface area (Å²) in [6.45, 7) is 5.50. The molecule has 0 saturated heterocycles. The summed E-state index contributed by atoms with van der Waals surface area (Å²) >= 11 is 0. The van der Waals surface area contributed by atoms with Crippen molar-refractivity contribution in [2.45, 2.75) is 20.8 Å². The molecule has 0 atom stereocenters. The van der Waals surface area contributed by atoms with Crippen molar-refractivity contribution in [3.05, 3.63) is 64.9 Å². The van der Waals surface area contributed by atoms with Crippen molar-refractivity contribution >= 4 is 34.3 Å². The Kier molecular flexibility index (Phi) is 5.07. The van der Waals surface area contributed by atoms with E-state index in [0.717, 1.165) is 16.5 Å². The number of fused-ring (bicyclic) bond motifs is 1. The average molecular weight is 365 g/mol. The predicted octanol–water partition coefficient (Wildman–Crippen LogP) is 3.78. The lowest BCUT2D eigenvalue weighted by Gasteiger charge is -2.04. The number of ketones is 1. The molecule has 138 valence electrons. The van der Waals surface area contributed by atoms with E-state index in [-0.39, 0.29) is 18.2 Å². The van der Waals surface area contributed by atoms with Gasteiger partial charge in [-0.15, -0.1) is 0 Å². The van der Waals surface area contributed by atoms with Gasteiger partial charge in [-0.05, 0) is 32.9 Å². The van der Waals surface area contributed by atoms with E-state index >= 15 is 0 Å². The van der Waals surface area contributed by atoms with Gasteiger partial charge in [-0.1, -0.05) is 29.8 Å². The summed E-state index contributed by atoms with van der Waals surface area (Å²) in [6, 6.07) is 12.2. The van der Waals surface area contributed by atoms with Gasteiger partial charge in [0.15, 0.2) is 5.76 Å². The van der Waals surface area contributed by atoms with Crippen LogP contribution in [-0.4, -0.2) is 24.3 Å². The Bertz CT molecular complexity index is 1030. The fraction of sp³-hybridized carbons (Fsp3) is 0.190. The average Bonchev–Trinajstić information content (AvgIpc) is 2.98. The van der Waals surface area contributed by atoms with Gasteiger partial charge in [-0.25, -0.2) is 4.79 Å². The Hall–Kier alpha value is -3.41. The van der Waals surface area contributed by atoms with Crippen LogP contribution in [0.15, 0.2) is 46.9 Å². The summed E-state index contributed by atoms with van der Waals surface area (Å²) in [4.78, 5) is 35.9. The predicted molar refractivity (Wildman–Crippen MR) is 101 cm³/mol. The molecule has 0 aliphatic heterocycles. The third-order valence-corrected chi connectivity index (χ3v) is 4.18. The molecule has 1 N–H and O–H groups in total. The van der Waals surface area contributed by atoms with E-state index in [9.17, 15) is 14.4 Å². The van der Waals surface area contributed by atoms with Crippen LogP contribution in [0.2, 0.25) is 0 Å². The monoisotopic (exact) mass is 365 g/mol. The van der Waals surface area contributed by atoms with Crippen LogP contribution in [0.4, 0.5) is 5.69 Å². The molecule has 0 spiro atoms. The van der Waals surface area contributed by atoms with Gasteiger partial charge in [-0.2, -0.15) is 0 Å². The standard InChI is InChI=1S/C21H19NO5/c1-4-26-21(25)20(24)22-15-9-10-16-13(3)19(27-17(16)11-15)18(23)14-7-5-12(2)6-8-14/h5-11H,4H2,1-3H3,(H,22,24). The van der Waals surface area contributed by atoms with Crippen molar-refractivity contribution in [2.75, 3.05) is 11.9 Å². The lowest BCUT2D eigenvalue weighted by molar-refractivity contribution is -0.152. The molecular weight excluding hydrogens is 346 g/mol. The molecule has 0 aliphatic rings. The number of hydrogen-bond acceptors (Lipinski definition) is 5. The van der Waals surface area contributed by atoms with Gasteiger partial charge in [0, 0.05) is 28.3 Å². The van der Waals surface area contributed by atoms with Crippen molar-refractivity contribution in [3.63, 3.8) is 0 Å². The van der Waals surface area contributed by atoms with Crippen molar-refractivity contribution < 1.29 is 23.5 Å². The highest BCUT2D eigenvalue weighted by atomic mass is 16.5. The van der Waals surface area contributed by atoms with Gasteiger partial charge in [0.1, 0.15) is 5.58 Å². The summed E-state index contributed by atoms with van der Waals surface area (Å²) in [5.41, 5.74) is 3.15. The molecule has 3 rings (SSSR count). The number of aryl methyl sites for hydroxylation is 2. The quantitative estimate of drug-likeness (QED) is 0.432. The Balaban J connectivity index is 1.90. The normalized spacial score (nSPS) is 10.6. The first-order valence-corrected chi connectivity index (χ1v) is 8.53. The molecule has 1 heterocycles. The minimum Gasteiger partial charge on any atom is -0.459 e. The SMILES string of the molecule is CCOC(=O)C(=O)Nc1ccc2c(C)c(C(=O)c3ccc(C)cc3)oc2c1. The van der Waals surface area contributed by atoms with Crippen molar-refractivity contribution in [3.8, 4) is 0 Å². The summed E-state index contributed by atoms with van der Waals surface area (Å²) in [5, 5.41) is 3.22. The number of benzene rings is 2. The van der Waals surface area contributed by atoms with E-state index in [2.05, 4.69) is 10.1 Å². The second-order valence-corrected chi connectivity index (χ2v) is 6.14. The Labute approximate surface area is 156 Å². The van der Waals surface area contributed by atoms with Gasteiger partial charge in [0.2, 0.25) is 5.78 Å². The Morgan fingerprint density at radius 1 is 1.04 bits per heavy atom. The summed E-state index contributed by atoms with van der Waals surface area (Å²) in [6.07, 6.45) is 0. The molecule has 0 unspecified atom stereocenters. The van der Waals surface area contributed by atoms with Crippen LogP contribution in [0.5, 0.6) is 0 Å². The largest absolute Gasteiger partial charge is 0.459 e. The molecule has 6 heteroatoms. The lowest BCUT2D eigenvalue weighted by Crippen LogP contribution is -2.24. The molecule has 3 aromatic rings. The molecule has 1 aromatic heterocycles. The summed E-state index contributed by atoms with van der Waals surface area (Å²) < 4.78 is 10.4. The van der Waals surface area contributed by atoms with Crippen LogP contribution < -0.4 is 5.32 Å². The van der Waals surface area contributed by atoms with Crippen molar-refractivity contribution in [2.24, 2.45) is 0 Å². The van der Waals surface area contributed by atoms with Crippen LogP contribution in [0.25, 0.3) is 11.0 Å². The zero-order chi connectivity index (χ0) is 19.6. The summed E-state index contributed by atoms with van der Waals surface area (Å²) in [5.74, 6) is -1.78. The third kappa shape index (κ3) is 3.74. The number of amides is 1. The first-order valence-electron chi connectivity index (χ1n) is 8.53. The lowest BCUT2D eigenvalue weighted by atomic mass is 10.0. The highest BCUT2D eigenvalue weighted by molar-refractivity contribution is 6.37. The Morgan fingerprint density at radius 2 is 1.74 bits per heavy atom. The molecule has 0 saturated carbocycles. The first-order chi connectivity index (χ1) is 12.9. The third-order valence-electron chi connectivity index (χ3n) is 4.18. The van der Waals surface area contributed by atoms with Gasteiger partial charge in [-0.3, -0.25) is 9.59 Å². The van der Waals surface area contributed by atoms with Crippen LogP contribution >= 0.6 is 0 Å². The first kappa shape index (κ1) is 18.4. The number of rotatable bonds is 4. The zero-order valence-electron chi connectivity index (χ0n) is 15.3. The van der Waals surface area contributed by atoms with E-state index in [1.54, 1.807) is 37.3 Å². The zero-order valence-corrected chi connectivity index (χ0v) is 15.3. The maximum atomic E-state index is 12.7. The van der Waals surface area contributed by atoms with E-state index in [0.29, 0.717) is 16.8 Å². The number of anilines is 1. The number of carbonyl (C=O) groups excluding carboxylic acids is 3. The highest BCUT2D eigenvalue weighted by Crippen LogP contribution is 2.29. The molecular formula is C21H19NO5. The molecule has 0 fully saturated rings. The molecule has 6 nitrogen and oxygen atoms in total. The van der Waals surface area contributed by atoms with Crippen molar-refractivity contribution in [1.29, 1.82) is 0 Å². The Morgan fingerprint density at radius 3 is 2.41 bits per heavy atom. The molecule has 2 aromatic carbocycles. The van der Waals surface area contributed by atoms with Crippen LogP contribution in [-0.2, 0) is 14.3 Å². The fourth-order valence-corrected chi connectivity index (χ4v) is 2.73. The van der Waals surface area contributed by atoms with Crippen LogP contribution in [0.1, 0.15) is 34.2 Å². The second kappa shape index (κ2) is 7.45. The number of ether oxygens (including phenoxy) is 1. The highest BCUT2D eigenvalue weighted by Gasteiger charge is 2.20. The van der Waals surface area contributed by atoms with Gasteiger partial charge in [0.05, 0.1) is 6.61 Å². The number of hydrogen-bond donors (Lipinski definition) is 1. The number of carbonyl (C=O) groups is 3. The van der Waals surface area contributed by atoms with Crippen molar-refractivity contribution in [1.82, 2.24) is 0 Å². The topological polar surface area (TPSA) is 85.6 Å².